The van der Waals surface area contributed by atoms with Crippen LogP contribution in [0.15, 0.2) is 18.3 Å². The number of rotatable bonds is 5. The van der Waals surface area contributed by atoms with Crippen molar-refractivity contribution in [2.75, 3.05) is 20.2 Å². The van der Waals surface area contributed by atoms with Gasteiger partial charge in [0.05, 0.1) is 6.20 Å². The van der Waals surface area contributed by atoms with E-state index in [-0.39, 0.29) is 5.69 Å². The summed E-state index contributed by atoms with van der Waals surface area (Å²) < 4.78 is 10.6. The molecular weight excluding hydrogens is 232 g/mol. The van der Waals surface area contributed by atoms with E-state index in [1.807, 2.05) is 27.8 Å². The van der Waals surface area contributed by atoms with Crippen molar-refractivity contribution in [2.45, 2.75) is 26.4 Å². The average Bonchev–Trinajstić information content (AvgIpc) is 2.28. The Morgan fingerprint density at radius 3 is 2.61 bits per heavy atom. The molecule has 0 radical (unpaired) electrons. The Morgan fingerprint density at radius 2 is 2.11 bits per heavy atom. The third-order valence-corrected chi connectivity index (χ3v) is 1.97. The molecule has 100 valence electrons. The highest BCUT2D eigenvalue weighted by Crippen LogP contribution is 2.13. The van der Waals surface area contributed by atoms with Crippen molar-refractivity contribution in [3.8, 4) is 5.75 Å². The number of carbonyl (C=O) groups is 1. The summed E-state index contributed by atoms with van der Waals surface area (Å²) in [6.45, 7) is 6.78. The fraction of sp³-hybridized carbons (Fsp3) is 0.538. The summed E-state index contributed by atoms with van der Waals surface area (Å²) in [6, 6.07) is 3.31. The summed E-state index contributed by atoms with van der Waals surface area (Å²) in [5.74, 6) is 0.210. The number of nitrogens with one attached hydrogen (secondary N) is 1. The molecule has 0 aliphatic heterocycles. The third kappa shape index (κ3) is 5.14. The first-order chi connectivity index (χ1) is 8.42. The molecule has 0 unspecified atom stereocenters. The molecule has 1 aromatic rings. The zero-order chi connectivity index (χ0) is 13.6. The van der Waals surface area contributed by atoms with E-state index in [2.05, 4.69) is 10.3 Å². The lowest BCUT2D eigenvalue weighted by Gasteiger charge is -2.19. The number of ether oxygens (including phenoxy) is 2. The predicted octanol–water partition coefficient (Wildman–Crippen LogP) is 1.64. The van der Waals surface area contributed by atoms with Gasteiger partial charge in [0.15, 0.2) is 0 Å². The monoisotopic (exact) mass is 252 g/mol. The molecule has 1 N–H and O–H groups in total. The Morgan fingerprint density at radius 1 is 1.39 bits per heavy atom. The quantitative estimate of drug-likeness (QED) is 0.637. The Hall–Kier alpha value is -1.62. The first-order valence-corrected chi connectivity index (χ1v) is 5.89. The highest BCUT2D eigenvalue weighted by molar-refractivity contribution is 5.87. The number of hydrogen-bond donors (Lipinski definition) is 1. The lowest BCUT2D eigenvalue weighted by atomic mass is 10.2. The van der Waals surface area contributed by atoms with Crippen LogP contribution in [0.4, 0.5) is 0 Å². The molecule has 0 spiro atoms. The normalized spacial score (nSPS) is 11.1. The molecule has 0 aliphatic carbocycles. The Labute approximate surface area is 108 Å². The van der Waals surface area contributed by atoms with Crippen LogP contribution in [-0.2, 0) is 4.74 Å². The van der Waals surface area contributed by atoms with Crippen molar-refractivity contribution in [1.29, 1.82) is 0 Å². The number of aromatic nitrogens is 1. The van der Waals surface area contributed by atoms with Crippen LogP contribution in [0.1, 0.15) is 31.3 Å². The minimum atomic E-state index is -0.513. The lowest BCUT2D eigenvalue weighted by molar-refractivity contribution is 0.00628. The van der Waals surface area contributed by atoms with Gasteiger partial charge in [0.25, 0.3) is 0 Å². The molecule has 1 rings (SSSR count). The maximum Gasteiger partial charge on any atom is 0.357 e. The Bertz CT molecular complexity index is 382. The van der Waals surface area contributed by atoms with Crippen LogP contribution in [0.5, 0.6) is 5.75 Å². The van der Waals surface area contributed by atoms with Crippen LogP contribution in [-0.4, -0.2) is 36.8 Å². The fourth-order valence-corrected chi connectivity index (χ4v) is 1.19. The molecule has 5 heteroatoms. The lowest BCUT2D eigenvalue weighted by Crippen LogP contribution is -2.24. The maximum atomic E-state index is 11.7. The first-order valence-electron chi connectivity index (χ1n) is 5.89. The molecule has 18 heavy (non-hydrogen) atoms. The van der Waals surface area contributed by atoms with Crippen molar-refractivity contribution < 1.29 is 14.3 Å². The number of carbonyl (C=O) groups excluding carboxylic acids is 1. The number of esters is 1. The summed E-state index contributed by atoms with van der Waals surface area (Å²) in [7, 11) is 1.85. The molecule has 1 heterocycles. The van der Waals surface area contributed by atoms with Gasteiger partial charge >= 0.3 is 5.97 Å². The SMILES string of the molecule is CNCCOc1ccc(C(=O)OC(C)(C)C)nc1. The van der Waals surface area contributed by atoms with Crippen molar-refractivity contribution >= 4 is 5.97 Å². The highest BCUT2D eigenvalue weighted by atomic mass is 16.6. The minimum Gasteiger partial charge on any atom is -0.491 e. The zero-order valence-electron chi connectivity index (χ0n) is 11.3. The van der Waals surface area contributed by atoms with E-state index in [1.165, 1.54) is 6.20 Å². The second-order valence-electron chi connectivity index (χ2n) is 4.83. The van der Waals surface area contributed by atoms with E-state index >= 15 is 0 Å². The van der Waals surface area contributed by atoms with Gasteiger partial charge in [0.1, 0.15) is 23.7 Å². The van der Waals surface area contributed by atoms with Crippen molar-refractivity contribution in [3.63, 3.8) is 0 Å². The van der Waals surface area contributed by atoms with E-state index in [1.54, 1.807) is 12.1 Å². The van der Waals surface area contributed by atoms with Gasteiger partial charge in [-0.3, -0.25) is 0 Å². The second-order valence-corrected chi connectivity index (χ2v) is 4.83. The van der Waals surface area contributed by atoms with Gasteiger partial charge in [-0.05, 0) is 40.0 Å². The van der Waals surface area contributed by atoms with Crippen molar-refractivity contribution in [2.24, 2.45) is 0 Å². The van der Waals surface area contributed by atoms with Gasteiger partial charge in [-0.25, -0.2) is 9.78 Å². The second kappa shape index (κ2) is 6.35. The molecule has 0 aromatic carbocycles. The Balaban J connectivity index is 2.57. The summed E-state index contributed by atoms with van der Waals surface area (Å²) in [5, 5.41) is 2.97. The molecule has 0 saturated heterocycles. The molecule has 0 bridgehead atoms. The topological polar surface area (TPSA) is 60.5 Å². The van der Waals surface area contributed by atoms with E-state index in [4.69, 9.17) is 9.47 Å². The minimum absolute atomic E-state index is 0.283. The summed E-state index contributed by atoms with van der Waals surface area (Å²) >= 11 is 0. The number of likely N-dealkylation sites (N-methyl/N-ethyl adjacent to an activating group) is 1. The number of pyridine rings is 1. The van der Waals surface area contributed by atoms with Crippen LogP contribution in [0, 0.1) is 0 Å². The van der Waals surface area contributed by atoms with Crippen LogP contribution < -0.4 is 10.1 Å². The van der Waals surface area contributed by atoms with Crippen LogP contribution in [0.25, 0.3) is 0 Å². The molecule has 0 saturated carbocycles. The van der Waals surface area contributed by atoms with Crippen LogP contribution >= 0.6 is 0 Å². The standard InChI is InChI=1S/C13H20N2O3/c1-13(2,3)18-12(16)11-6-5-10(9-15-11)17-8-7-14-4/h5-6,9,14H,7-8H2,1-4H3. The van der Waals surface area contributed by atoms with Gasteiger partial charge in [0.2, 0.25) is 0 Å². The van der Waals surface area contributed by atoms with Crippen molar-refractivity contribution in [1.82, 2.24) is 10.3 Å². The third-order valence-electron chi connectivity index (χ3n) is 1.97. The fourth-order valence-electron chi connectivity index (χ4n) is 1.19. The van der Waals surface area contributed by atoms with Crippen molar-refractivity contribution in [3.05, 3.63) is 24.0 Å². The summed E-state index contributed by atoms with van der Waals surface area (Å²) in [5.41, 5.74) is -0.230. The van der Waals surface area contributed by atoms with Gasteiger partial charge in [-0.15, -0.1) is 0 Å². The van der Waals surface area contributed by atoms with Gasteiger partial charge in [0, 0.05) is 6.54 Å². The van der Waals surface area contributed by atoms with E-state index < -0.39 is 11.6 Å². The maximum absolute atomic E-state index is 11.7. The largest absolute Gasteiger partial charge is 0.491 e. The van der Waals surface area contributed by atoms with Gasteiger partial charge in [-0.1, -0.05) is 0 Å². The first kappa shape index (κ1) is 14.4. The molecule has 0 atom stereocenters. The molecule has 0 amide bonds. The predicted molar refractivity (Wildman–Crippen MR) is 68.8 cm³/mol. The van der Waals surface area contributed by atoms with Crippen LogP contribution in [0.3, 0.4) is 0 Å². The molecule has 0 aliphatic rings. The molecular formula is C13H20N2O3. The summed E-state index contributed by atoms with van der Waals surface area (Å²) in [6.07, 6.45) is 1.52. The summed E-state index contributed by atoms with van der Waals surface area (Å²) in [4.78, 5) is 15.7. The van der Waals surface area contributed by atoms with Gasteiger partial charge < -0.3 is 14.8 Å². The van der Waals surface area contributed by atoms with E-state index in [0.717, 1.165) is 6.54 Å². The van der Waals surface area contributed by atoms with E-state index in [0.29, 0.717) is 12.4 Å². The Kier molecular flexibility index (Phi) is 5.09. The smallest absolute Gasteiger partial charge is 0.357 e. The van der Waals surface area contributed by atoms with Crippen LogP contribution in [0.2, 0.25) is 0 Å². The zero-order valence-corrected chi connectivity index (χ0v) is 11.3. The molecule has 1 aromatic heterocycles. The molecule has 5 nitrogen and oxygen atoms in total. The number of nitrogens with zero attached hydrogens (tertiary/aromatic N) is 1. The average molecular weight is 252 g/mol. The van der Waals surface area contributed by atoms with E-state index in [9.17, 15) is 4.79 Å². The van der Waals surface area contributed by atoms with Gasteiger partial charge in [-0.2, -0.15) is 0 Å². The number of hydrogen-bond acceptors (Lipinski definition) is 5. The highest BCUT2D eigenvalue weighted by Gasteiger charge is 2.18. The molecule has 0 fully saturated rings.